The van der Waals surface area contributed by atoms with Gasteiger partial charge in [-0.25, -0.2) is 12.8 Å². The van der Waals surface area contributed by atoms with E-state index in [2.05, 4.69) is 10.1 Å². The predicted molar refractivity (Wildman–Crippen MR) is 74.7 cm³/mol. The minimum absolute atomic E-state index is 0.205. The molecule has 0 bridgehead atoms. The number of ether oxygens (including phenoxy) is 1. The maximum absolute atomic E-state index is 13.5. The molecule has 0 aliphatic carbocycles. The third kappa shape index (κ3) is 4.42. The molecule has 7 nitrogen and oxygen atoms in total. The second-order valence-corrected chi connectivity index (χ2v) is 6.58. The maximum atomic E-state index is 13.5. The Morgan fingerprint density at radius 1 is 1.43 bits per heavy atom. The summed E-state index contributed by atoms with van der Waals surface area (Å²) in [7, 11) is -3.02. The van der Waals surface area contributed by atoms with Crippen LogP contribution in [0, 0.1) is 5.82 Å². The van der Waals surface area contributed by atoms with Crippen LogP contribution in [0.3, 0.4) is 0 Å². The average molecular weight is 318 g/mol. The van der Waals surface area contributed by atoms with Crippen LogP contribution in [-0.4, -0.2) is 38.4 Å². The molecule has 0 saturated carbocycles. The van der Waals surface area contributed by atoms with E-state index >= 15 is 0 Å². The number of carbonyl (C=O) groups excluding carboxylic acids is 2. The van der Waals surface area contributed by atoms with Gasteiger partial charge in [-0.2, -0.15) is 0 Å². The number of nitrogens with two attached hydrogens (primary N) is 1. The van der Waals surface area contributed by atoms with Crippen molar-refractivity contribution in [1.29, 1.82) is 0 Å². The lowest BCUT2D eigenvalue weighted by Gasteiger charge is -2.13. The van der Waals surface area contributed by atoms with Gasteiger partial charge in [0.15, 0.2) is 9.84 Å². The number of nitrogens with one attached hydrogen (secondary N) is 1. The summed E-state index contributed by atoms with van der Waals surface area (Å²) in [5.74, 6) is -3.64. The first kappa shape index (κ1) is 16.9. The number of sulfone groups is 1. The van der Waals surface area contributed by atoms with Gasteiger partial charge >= 0.3 is 5.97 Å². The number of carbonyl (C=O) groups is 2. The first-order valence-electron chi connectivity index (χ1n) is 5.81. The number of rotatable bonds is 5. The Hall–Kier alpha value is -2.16. The third-order valence-electron chi connectivity index (χ3n) is 2.70. The molecule has 116 valence electrons. The molecule has 9 heteroatoms. The topological polar surface area (TPSA) is 116 Å². The van der Waals surface area contributed by atoms with Gasteiger partial charge in [0.05, 0.1) is 12.8 Å². The fourth-order valence-electron chi connectivity index (χ4n) is 1.38. The summed E-state index contributed by atoms with van der Waals surface area (Å²) in [5.41, 5.74) is 5.42. The van der Waals surface area contributed by atoms with Crippen molar-refractivity contribution >= 4 is 33.1 Å². The second kappa shape index (κ2) is 6.53. The van der Waals surface area contributed by atoms with Gasteiger partial charge in [-0.05, 0) is 25.1 Å². The molecule has 0 radical (unpaired) electrons. The van der Waals surface area contributed by atoms with E-state index in [9.17, 15) is 22.4 Å². The Labute approximate surface area is 121 Å². The van der Waals surface area contributed by atoms with Gasteiger partial charge in [-0.3, -0.25) is 9.59 Å². The highest BCUT2D eigenvalue weighted by Crippen LogP contribution is 2.18. The first-order chi connectivity index (χ1) is 9.67. The lowest BCUT2D eigenvalue weighted by Crippen LogP contribution is -2.36. The van der Waals surface area contributed by atoms with E-state index in [1.807, 2.05) is 0 Å². The van der Waals surface area contributed by atoms with Crippen LogP contribution in [-0.2, 0) is 24.2 Å². The van der Waals surface area contributed by atoms with Crippen LogP contribution in [0.15, 0.2) is 18.2 Å². The summed E-state index contributed by atoms with van der Waals surface area (Å²) < 4.78 is 41.3. The molecule has 0 aliphatic heterocycles. The minimum Gasteiger partial charge on any atom is -0.468 e. The van der Waals surface area contributed by atoms with E-state index in [0.717, 1.165) is 26.2 Å². The monoisotopic (exact) mass is 318 g/mol. The molecule has 1 unspecified atom stereocenters. The van der Waals surface area contributed by atoms with Gasteiger partial charge in [0.2, 0.25) is 5.91 Å². The molecule has 1 aromatic rings. The molecular formula is C12H15FN2O5S. The summed E-state index contributed by atoms with van der Waals surface area (Å²) in [6.07, 6.45) is 0. The number of nitrogen functional groups attached to an aromatic ring is 1. The van der Waals surface area contributed by atoms with E-state index in [1.54, 1.807) is 0 Å². The zero-order valence-electron chi connectivity index (χ0n) is 11.4. The van der Waals surface area contributed by atoms with Gasteiger partial charge in [0, 0.05) is 5.69 Å². The van der Waals surface area contributed by atoms with Crippen LogP contribution in [0.5, 0.6) is 0 Å². The molecular weight excluding hydrogens is 303 g/mol. The minimum atomic E-state index is -4.05. The molecule has 1 atom stereocenters. The first-order valence-corrected chi connectivity index (χ1v) is 7.53. The molecule has 3 N–H and O–H groups in total. The number of anilines is 2. The van der Waals surface area contributed by atoms with Crippen molar-refractivity contribution in [3.8, 4) is 0 Å². The highest BCUT2D eigenvalue weighted by molar-refractivity contribution is 7.93. The number of amides is 1. The van der Waals surface area contributed by atoms with Crippen LogP contribution in [0.4, 0.5) is 15.8 Å². The van der Waals surface area contributed by atoms with Crippen molar-refractivity contribution in [2.75, 3.05) is 23.9 Å². The quantitative estimate of drug-likeness (QED) is 0.597. The summed E-state index contributed by atoms with van der Waals surface area (Å²) in [6, 6.07) is 3.49. The number of benzene rings is 1. The lowest BCUT2D eigenvalue weighted by atomic mass is 10.2. The zero-order chi connectivity index (χ0) is 16.2. The predicted octanol–water partition coefficient (Wildman–Crippen LogP) is 0.323. The maximum Gasteiger partial charge on any atom is 0.320 e. The highest BCUT2D eigenvalue weighted by atomic mass is 32.2. The molecule has 1 rings (SSSR count). The number of methoxy groups -OCH3 is 1. The third-order valence-corrected chi connectivity index (χ3v) is 4.63. The van der Waals surface area contributed by atoms with E-state index in [4.69, 9.17) is 5.73 Å². The summed E-state index contributed by atoms with van der Waals surface area (Å²) in [4.78, 5) is 22.8. The number of hydrogen-bond donors (Lipinski definition) is 2. The number of halogens is 1. The smallest absolute Gasteiger partial charge is 0.320 e. The van der Waals surface area contributed by atoms with Gasteiger partial charge in [0.1, 0.15) is 16.8 Å². The Morgan fingerprint density at radius 2 is 2.05 bits per heavy atom. The van der Waals surface area contributed by atoms with Crippen molar-refractivity contribution in [1.82, 2.24) is 0 Å². The molecule has 0 heterocycles. The number of esters is 1. The van der Waals surface area contributed by atoms with Crippen molar-refractivity contribution < 1.29 is 27.1 Å². The fourth-order valence-corrected chi connectivity index (χ4v) is 2.47. The Bertz CT molecular complexity index is 660. The van der Waals surface area contributed by atoms with E-state index in [0.29, 0.717) is 0 Å². The Balaban J connectivity index is 2.88. The SMILES string of the molecule is COC(=O)CS(=O)(=O)C(C)C(=O)Nc1cc(N)ccc1F. The Morgan fingerprint density at radius 3 is 2.62 bits per heavy atom. The van der Waals surface area contributed by atoms with Crippen molar-refractivity contribution in [2.45, 2.75) is 12.2 Å². The van der Waals surface area contributed by atoms with Gasteiger partial charge in [-0.15, -0.1) is 0 Å². The average Bonchev–Trinajstić information content (AvgIpc) is 2.41. The fraction of sp³-hybridized carbons (Fsp3) is 0.333. The van der Waals surface area contributed by atoms with Crippen molar-refractivity contribution in [3.63, 3.8) is 0 Å². The van der Waals surface area contributed by atoms with Crippen LogP contribution < -0.4 is 11.1 Å². The van der Waals surface area contributed by atoms with Crippen LogP contribution >= 0.6 is 0 Å². The van der Waals surface area contributed by atoms with Crippen LogP contribution in [0.1, 0.15) is 6.92 Å². The zero-order valence-corrected chi connectivity index (χ0v) is 12.2. The molecule has 0 fully saturated rings. The van der Waals surface area contributed by atoms with Crippen LogP contribution in [0.25, 0.3) is 0 Å². The van der Waals surface area contributed by atoms with E-state index in [1.165, 1.54) is 6.07 Å². The second-order valence-electron chi connectivity index (χ2n) is 4.25. The highest BCUT2D eigenvalue weighted by Gasteiger charge is 2.31. The molecule has 0 aromatic heterocycles. The van der Waals surface area contributed by atoms with Crippen LogP contribution in [0.2, 0.25) is 0 Å². The lowest BCUT2D eigenvalue weighted by molar-refractivity contribution is -0.137. The van der Waals surface area contributed by atoms with Gasteiger partial charge in [0.25, 0.3) is 0 Å². The summed E-state index contributed by atoms with van der Waals surface area (Å²) in [6.45, 7) is 1.10. The molecule has 1 amide bonds. The molecule has 0 aliphatic rings. The van der Waals surface area contributed by atoms with Crippen molar-refractivity contribution in [3.05, 3.63) is 24.0 Å². The number of hydrogen-bond acceptors (Lipinski definition) is 6. The van der Waals surface area contributed by atoms with Gasteiger partial charge in [-0.1, -0.05) is 0 Å². The summed E-state index contributed by atoms with van der Waals surface area (Å²) in [5, 5.41) is 0.579. The standard InChI is InChI=1S/C12H15FN2O5S/c1-7(21(18,19)6-11(16)20-2)12(17)15-10-5-8(14)3-4-9(10)13/h3-5,7H,6,14H2,1-2H3,(H,15,17). The summed E-state index contributed by atoms with van der Waals surface area (Å²) >= 11 is 0. The molecule has 0 saturated heterocycles. The normalized spacial score (nSPS) is 12.5. The van der Waals surface area contributed by atoms with E-state index in [-0.39, 0.29) is 11.4 Å². The molecule has 0 spiro atoms. The van der Waals surface area contributed by atoms with Crippen molar-refractivity contribution in [2.24, 2.45) is 0 Å². The largest absolute Gasteiger partial charge is 0.468 e. The Kier molecular flexibility index (Phi) is 5.25. The molecule has 21 heavy (non-hydrogen) atoms. The van der Waals surface area contributed by atoms with Gasteiger partial charge < -0.3 is 15.8 Å². The molecule has 1 aromatic carbocycles. The van der Waals surface area contributed by atoms with E-state index < -0.39 is 38.5 Å².